The van der Waals surface area contributed by atoms with Crippen LogP contribution in [0, 0.1) is 35.5 Å². The smallest absolute Gasteiger partial charge is 0.226 e. The Hall–Kier alpha value is -0.280. The molecule has 3 nitrogen and oxygen atoms in total. The molecule has 5 rings (SSSR count). The molecule has 0 aromatic heterocycles. The highest BCUT2D eigenvalue weighted by atomic mass is 35.5. The van der Waals surface area contributed by atoms with Crippen LogP contribution in [0.25, 0.3) is 0 Å². The second-order valence-corrected chi connectivity index (χ2v) is 8.46. The fourth-order valence-electron chi connectivity index (χ4n) is 5.83. The standard InChI is InChI=1S/C18H28N2O.ClH/c21-18(17-15-12-3-4-13(9-12)16(15)17)20-7-5-14(6-8-20)19-10-11-1-2-11;/h11-17,19H,1-10H2;1H. The number of nitrogens with one attached hydrogen (secondary N) is 1. The number of piperidine rings is 1. The molecule has 0 aromatic rings. The van der Waals surface area contributed by atoms with Crippen LogP contribution >= 0.6 is 12.4 Å². The number of hydrogen-bond donors (Lipinski definition) is 1. The van der Waals surface area contributed by atoms with E-state index in [1.54, 1.807) is 0 Å². The molecule has 5 fully saturated rings. The van der Waals surface area contributed by atoms with E-state index in [1.165, 1.54) is 51.5 Å². The van der Waals surface area contributed by atoms with Crippen molar-refractivity contribution in [1.82, 2.24) is 10.2 Å². The highest BCUT2D eigenvalue weighted by molar-refractivity contribution is 5.85. The highest BCUT2D eigenvalue weighted by Crippen LogP contribution is 2.69. The summed E-state index contributed by atoms with van der Waals surface area (Å²) in [4.78, 5) is 15.0. The van der Waals surface area contributed by atoms with E-state index in [0.29, 0.717) is 17.9 Å². The summed E-state index contributed by atoms with van der Waals surface area (Å²) in [6, 6.07) is 0.671. The summed E-state index contributed by atoms with van der Waals surface area (Å²) in [5, 5.41) is 3.71. The summed E-state index contributed by atoms with van der Waals surface area (Å²) < 4.78 is 0. The van der Waals surface area contributed by atoms with Crippen LogP contribution in [0.15, 0.2) is 0 Å². The van der Waals surface area contributed by atoms with Gasteiger partial charge in [-0.1, -0.05) is 0 Å². The molecule has 1 heterocycles. The van der Waals surface area contributed by atoms with Crippen LogP contribution in [0.2, 0.25) is 0 Å². The van der Waals surface area contributed by atoms with E-state index < -0.39 is 0 Å². The van der Waals surface area contributed by atoms with E-state index in [1.807, 2.05) is 0 Å². The third-order valence-electron chi connectivity index (χ3n) is 7.22. The number of fused-ring (bicyclic) bond motifs is 5. The van der Waals surface area contributed by atoms with Crippen molar-refractivity contribution in [3.8, 4) is 0 Å². The average molecular weight is 325 g/mol. The Balaban J connectivity index is 0.00000125. The number of nitrogens with zero attached hydrogens (tertiary/aromatic N) is 1. The minimum absolute atomic E-state index is 0. The van der Waals surface area contributed by atoms with Crippen LogP contribution in [0.3, 0.4) is 0 Å². The van der Waals surface area contributed by atoms with Gasteiger partial charge >= 0.3 is 0 Å². The molecular formula is C18H29ClN2O. The van der Waals surface area contributed by atoms with Gasteiger partial charge in [-0.05, 0) is 81.1 Å². The number of carbonyl (C=O) groups excluding carboxylic acids is 1. The van der Waals surface area contributed by atoms with Gasteiger partial charge in [-0.3, -0.25) is 4.79 Å². The van der Waals surface area contributed by atoms with Crippen LogP contribution in [0.5, 0.6) is 0 Å². The van der Waals surface area contributed by atoms with Crippen molar-refractivity contribution in [3.63, 3.8) is 0 Å². The van der Waals surface area contributed by atoms with Crippen LogP contribution in [0.4, 0.5) is 0 Å². The summed E-state index contributed by atoms with van der Waals surface area (Å²) in [6.07, 6.45) is 9.49. The molecule has 0 spiro atoms. The van der Waals surface area contributed by atoms with E-state index in [9.17, 15) is 4.79 Å². The van der Waals surface area contributed by atoms with Crippen molar-refractivity contribution >= 4 is 18.3 Å². The fourth-order valence-corrected chi connectivity index (χ4v) is 5.83. The molecule has 1 amide bonds. The van der Waals surface area contributed by atoms with Crippen LogP contribution in [-0.2, 0) is 4.79 Å². The van der Waals surface area contributed by atoms with Gasteiger partial charge in [0.05, 0.1) is 0 Å². The largest absolute Gasteiger partial charge is 0.342 e. The van der Waals surface area contributed by atoms with E-state index >= 15 is 0 Å². The zero-order chi connectivity index (χ0) is 14.0. The fraction of sp³-hybridized carbons (Fsp3) is 0.944. The lowest BCUT2D eigenvalue weighted by Crippen LogP contribution is -2.46. The predicted molar refractivity (Wildman–Crippen MR) is 88.9 cm³/mol. The molecule has 1 aliphatic heterocycles. The molecule has 0 aromatic carbocycles. The molecule has 4 heteroatoms. The molecule has 5 aliphatic rings. The second-order valence-electron chi connectivity index (χ2n) is 8.46. The summed E-state index contributed by atoms with van der Waals surface area (Å²) in [5.74, 6) is 5.41. The van der Waals surface area contributed by atoms with Crippen LogP contribution in [-0.4, -0.2) is 36.5 Å². The molecule has 1 N–H and O–H groups in total. The molecule has 22 heavy (non-hydrogen) atoms. The summed E-state index contributed by atoms with van der Waals surface area (Å²) in [5.41, 5.74) is 0. The van der Waals surface area contributed by atoms with Gasteiger partial charge in [0, 0.05) is 25.0 Å². The molecule has 1 saturated heterocycles. The normalized spacial score (nSPS) is 42.9. The van der Waals surface area contributed by atoms with Crippen molar-refractivity contribution in [2.24, 2.45) is 35.5 Å². The van der Waals surface area contributed by atoms with E-state index in [4.69, 9.17) is 0 Å². The van der Waals surface area contributed by atoms with Gasteiger partial charge in [0.2, 0.25) is 5.91 Å². The van der Waals surface area contributed by atoms with E-state index in [-0.39, 0.29) is 12.4 Å². The number of hydrogen-bond acceptors (Lipinski definition) is 2. The van der Waals surface area contributed by atoms with Crippen molar-refractivity contribution < 1.29 is 4.79 Å². The number of amides is 1. The molecule has 0 radical (unpaired) electrons. The van der Waals surface area contributed by atoms with Crippen LogP contribution < -0.4 is 5.32 Å². The van der Waals surface area contributed by atoms with Crippen molar-refractivity contribution in [3.05, 3.63) is 0 Å². The van der Waals surface area contributed by atoms with Crippen molar-refractivity contribution in [2.45, 2.75) is 51.0 Å². The maximum atomic E-state index is 12.8. The maximum Gasteiger partial charge on any atom is 0.226 e. The molecule has 4 saturated carbocycles. The summed E-state index contributed by atoms with van der Waals surface area (Å²) in [7, 11) is 0. The minimum atomic E-state index is 0. The molecular weight excluding hydrogens is 296 g/mol. The Morgan fingerprint density at radius 2 is 1.59 bits per heavy atom. The zero-order valence-electron chi connectivity index (χ0n) is 13.4. The Labute approximate surface area is 140 Å². The van der Waals surface area contributed by atoms with Gasteiger partial charge in [0.25, 0.3) is 0 Å². The average Bonchev–Trinajstić information content (AvgIpc) is 3.42. The molecule has 4 atom stereocenters. The lowest BCUT2D eigenvalue weighted by atomic mass is 9.99. The number of likely N-dealkylation sites (tertiary alicyclic amines) is 1. The maximum absolute atomic E-state index is 12.8. The zero-order valence-corrected chi connectivity index (χ0v) is 14.2. The first kappa shape index (κ1) is 15.3. The Kier molecular flexibility index (Phi) is 3.93. The quantitative estimate of drug-likeness (QED) is 0.862. The summed E-state index contributed by atoms with van der Waals surface area (Å²) >= 11 is 0. The first-order valence-electron chi connectivity index (χ1n) is 9.33. The first-order chi connectivity index (χ1) is 10.3. The van der Waals surface area contributed by atoms with Gasteiger partial charge in [-0.2, -0.15) is 0 Å². The Bertz CT molecular complexity index is 428. The number of carbonyl (C=O) groups is 1. The van der Waals surface area contributed by atoms with Gasteiger partial charge in [0.15, 0.2) is 0 Å². The molecule has 4 aliphatic carbocycles. The first-order valence-corrected chi connectivity index (χ1v) is 9.33. The monoisotopic (exact) mass is 324 g/mol. The van der Waals surface area contributed by atoms with Gasteiger partial charge in [0.1, 0.15) is 0 Å². The van der Waals surface area contributed by atoms with Crippen molar-refractivity contribution in [1.29, 1.82) is 0 Å². The third-order valence-corrected chi connectivity index (χ3v) is 7.22. The van der Waals surface area contributed by atoms with E-state index in [0.717, 1.165) is 42.7 Å². The molecule has 2 bridgehead atoms. The number of rotatable bonds is 4. The van der Waals surface area contributed by atoms with Gasteiger partial charge in [-0.25, -0.2) is 0 Å². The highest BCUT2D eigenvalue weighted by Gasteiger charge is 2.67. The van der Waals surface area contributed by atoms with Gasteiger partial charge in [-0.15, -0.1) is 12.4 Å². The van der Waals surface area contributed by atoms with Crippen LogP contribution in [0.1, 0.15) is 44.9 Å². The Morgan fingerprint density at radius 3 is 2.18 bits per heavy atom. The topological polar surface area (TPSA) is 32.3 Å². The second kappa shape index (κ2) is 5.66. The third kappa shape index (κ3) is 2.49. The SMILES string of the molecule is Cl.O=C(C1C2C3CCC(C3)C12)N1CCC(NCC2CC2)CC1. The predicted octanol–water partition coefficient (Wildman–Crippen LogP) is 2.69. The Morgan fingerprint density at radius 1 is 0.955 bits per heavy atom. The van der Waals surface area contributed by atoms with E-state index in [2.05, 4.69) is 10.2 Å². The number of halogens is 1. The summed E-state index contributed by atoms with van der Waals surface area (Å²) in [6.45, 7) is 3.23. The lowest BCUT2D eigenvalue weighted by Gasteiger charge is -2.33. The minimum Gasteiger partial charge on any atom is -0.342 e. The lowest BCUT2D eigenvalue weighted by molar-refractivity contribution is -0.134. The molecule has 124 valence electrons. The van der Waals surface area contributed by atoms with Gasteiger partial charge < -0.3 is 10.2 Å². The molecule has 4 unspecified atom stereocenters. The van der Waals surface area contributed by atoms with Crippen molar-refractivity contribution in [2.75, 3.05) is 19.6 Å².